The molecule has 0 bridgehead atoms. The second kappa shape index (κ2) is 5.43. The number of aliphatic carboxylic acids is 1. The number of carbonyl (C=O) groups is 1. The van der Waals surface area contributed by atoms with Gasteiger partial charge in [-0.15, -0.1) is 0 Å². The molecule has 0 radical (unpaired) electrons. The minimum atomic E-state index is -1.01. The van der Waals surface area contributed by atoms with Gasteiger partial charge >= 0.3 is 5.97 Å². The Bertz CT molecular complexity index is 382. The highest BCUT2D eigenvalue weighted by Crippen LogP contribution is 2.28. The molecule has 0 amide bonds. The van der Waals surface area contributed by atoms with E-state index < -0.39 is 12.0 Å². The van der Waals surface area contributed by atoms with Crippen molar-refractivity contribution < 1.29 is 9.90 Å². The number of nitrogens with two attached hydrogens (primary N) is 1. The van der Waals surface area contributed by atoms with Gasteiger partial charge in [0.25, 0.3) is 0 Å². The maximum Gasteiger partial charge on any atom is 0.322 e. The number of carboxylic acid groups (broad SMARTS) is 1. The standard InChI is InChI=1S/C11H15BrN2O2/c1-14(2)10(9(13)11(15)16)7-5-3-4-6-8(7)12/h3-6,9-10H,13H2,1-2H3,(H,15,16). The number of likely N-dealkylation sites (N-methyl/N-ethyl adjacent to an activating group) is 1. The van der Waals surface area contributed by atoms with Gasteiger partial charge in [0, 0.05) is 4.47 Å². The Morgan fingerprint density at radius 2 is 2.00 bits per heavy atom. The second-order valence-corrected chi connectivity index (χ2v) is 4.65. The van der Waals surface area contributed by atoms with Crippen molar-refractivity contribution in [3.63, 3.8) is 0 Å². The molecule has 1 aromatic carbocycles. The predicted octanol–water partition coefficient (Wildman–Crippen LogP) is 1.46. The molecule has 3 N–H and O–H groups in total. The van der Waals surface area contributed by atoms with Crippen molar-refractivity contribution >= 4 is 21.9 Å². The molecule has 16 heavy (non-hydrogen) atoms. The molecule has 0 spiro atoms. The lowest BCUT2D eigenvalue weighted by molar-refractivity contribution is -0.140. The third-order valence-corrected chi connectivity index (χ3v) is 3.13. The van der Waals surface area contributed by atoms with Gasteiger partial charge in [0.05, 0.1) is 6.04 Å². The highest BCUT2D eigenvalue weighted by Gasteiger charge is 2.28. The molecule has 5 heteroatoms. The van der Waals surface area contributed by atoms with E-state index >= 15 is 0 Å². The van der Waals surface area contributed by atoms with E-state index in [-0.39, 0.29) is 6.04 Å². The summed E-state index contributed by atoms with van der Waals surface area (Å²) in [6, 6.07) is 6.19. The predicted molar refractivity (Wildman–Crippen MR) is 66.2 cm³/mol. The average Bonchev–Trinajstić information content (AvgIpc) is 2.20. The average molecular weight is 287 g/mol. The van der Waals surface area contributed by atoms with Crippen LogP contribution in [0.2, 0.25) is 0 Å². The number of nitrogens with zero attached hydrogens (tertiary/aromatic N) is 1. The second-order valence-electron chi connectivity index (χ2n) is 3.79. The molecule has 0 saturated carbocycles. The molecule has 0 fully saturated rings. The Morgan fingerprint density at radius 1 is 1.44 bits per heavy atom. The fraction of sp³-hybridized carbons (Fsp3) is 0.364. The number of rotatable bonds is 4. The summed E-state index contributed by atoms with van der Waals surface area (Å²) in [5.74, 6) is -1.01. The summed E-state index contributed by atoms with van der Waals surface area (Å²) in [6.45, 7) is 0. The smallest absolute Gasteiger partial charge is 0.322 e. The van der Waals surface area contributed by atoms with Crippen LogP contribution in [0.1, 0.15) is 11.6 Å². The largest absolute Gasteiger partial charge is 0.480 e. The third kappa shape index (κ3) is 2.81. The van der Waals surface area contributed by atoms with Crippen molar-refractivity contribution in [2.45, 2.75) is 12.1 Å². The SMILES string of the molecule is CN(C)C(c1ccccc1Br)C(N)C(=O)O. The van der Waals surface area contributed by atoms with Gasteiger partial charge in [-0.2, -0.15) is 0 Å². The Balaban J connectivity index is 3.13. The van der Waals surface area contributed by atoms with E-state index in [0.717, 1.165) is 10.0 Å². The Labute approximate surface area is 103 Å². The number of carboxylic acids is 1. The molecule has 0 saturated heterocycles. The fourth-order valence-corrected chi connectivity index (χ4v) is 2.16. The molecular formula is C11H15BrN2O2. The summed E-state index contributed by atoms with van der Waals surface area (Å²) < 4.78 is 0.866. The fourth-order valence-electron chi connectivity index (χ4n) is 1.64. The van der Waals surface area contributed by atoms with E-state index in [4.69, 9.17) is 10.8 Å². The first-order chi connectivity index (χ1) is 7.45. The van der Waals surface area contributed by atoms with E-state index in [2.05, 4.69) is 15.9 Å². The number of benzene rings is 1. The van der Waals surface area contributed by atoms with Gasteiger partial charge < -0.3 is 15.7 Å². The van der Waals surface area contributed by atoms with E-state index in [1.54, 1.807) is 4.90 Å². The molecule has 2 atom stereocenters. The molecule has 1 aromatic rings. The van der Waals surface area contributed by atoms with E-state index in [1.165, 1.54) is 0 Å². The lowest BCUT2D eigenvalue weighted by Gasteiger charge is -2.28. The molecule has 0 heterocycles. The monoisotopic (exact) mass is 286 g/mol. The zero-order valence-electron chi connectivity index (χ0n) is 9.22. The first-order valence-corrected chi connectivity index (χ1v) is 5.63. The molecule has 0 aromatic heterocycles. The maximum absolute atomic E-state index is 11.0. The van der Waals surface area contributed by atoms with Crippen molar-refractivity contribution in [1.29, 1.82) is 0 Å². The lowest BCUT2D eigenvalue weighted by Crippen LogP contribution is -2.43. The molecule has 1 rings (SSSR count). The molecular weight excluding hydrogens is 272 g/mol. The van der Waals surface area contributed by atoms with Crippen molar-refractivity contribution in [2.75, 3.05) is 14.1 Å². The zero-order chi connectivity index (χ0) is 12.3. The van der Waals surface area contributed by atoms with Crippen LogP contribution >= 0.6 is 15.9 Å². The van der Waals surface area contributed by atoms with E-state index in [9.17, 15) is 4.79 Å². The van der Waals surface area contributed by atoms with Crippen LogP contribution in [-0.4, -0.2) is 36.1 Å². The highest BCUT2D eigenvalue weighted by molar-refractivity contribution is 9.10. The van der Waals surface area contributed by atoms with Gasteiger partial charge in [-0.3, -0.25) is 4.79 Å². The van der Waals surface area contributed by atoms with Gasteiger partial charge in [0.2, 0.25) is 0 Å². The molecule has 0 aliphatic carbocycles. The van der Waals surface area contributed by atoms with Crippen LogP contribution in [0.4, 0.5) is 0 Å². The zero-order valence-corrected chi connectivity index (χ0v) is 10.8. The molecule has 2 unspecified atom stereocenters. The molecule has 0 aliphatic heterocycles. The lowest BCUT2D eigenvalue weighted by atomic mass is 9.99. The van der Waals surface area contributed by atoms with Crippen LogP contribution < -0.4 is 5.73 Å². The van der Waals surface area contributed by atoms with Crippen LogP contribution in [0, 0.1) is 0 Å². The van der Waals surface area contributed by atoms with Crippen molar-refractivity contribution in [3.05, 3.63) is 34.3 Å². The minimum Gasteiger partial charge on any atom is -0.480 e. The van der Waals surface area contributed by atoms with Crippen molar-refractivity contribution in [1.82, 2.24) is 4.90 Å². The van der Waals surface area contributed by atoms with E-state index in [1.807, 2.05) is 38.4 Å². The highest BCUT2D eigenvalue weighted by atomic mass is 79.9. The summed E-state index contributed by atoms with van der Waals surface area (Å²) in [5.41, 5.74) is 6.58. The van der Waals surface area contributed by atoms with Crippen molar-refractivity contribution in [3.8, 4) is 0 Å². The quantitative estimate of drug-likeness (QED) is 0.880. The maximum atomic E-state index is 11.0. The molecule has 88 valence electrons. The summed E-state index contributed by atoms with van der Waals surface area (Å²) in [4.78, 5) is 12.8. The number of halogens is 1. The Hall–Kier alpha value is -0.910. The molecule has 4 nitrogen and oxygen atoms in total. The minimum absolute atomic E-state index is 0.354. The summed E-state index contributed by atoms with van der Waals surface area (Å²) in [6.07, 6.45) is 0. The van der Waals surface area contributed by atoms with Crippen molar-refractivity contribution in [2.24, 2.45) is 5.73 Å². The van der Waals surface area contributed by atoms with Gasteiger partial charge in [-0.25, -0.2) is 0 Å². The summed E-state index contributed by atoms with van der Waals surface area (Å²) in [5, 5.41) is 8.99. The normalized spacial score (nSPS) is 14.8. The third-order valence-electron chi connectivity index (χ3n) is 2.41. The Kier molecular flexibility index (Phi) is 4.46. The summed E-state index contributed by atoms with van der Waals surface area (Å²) >= 11 is 3.41. The van der Waals surface area contributed by atoms with Gasteiger partial charge in [-0.05, 0) is 25.7 Å². The topological polar surface area (TPSA) is 66.6 Å². The first-order valence-electron chi connectivity index (χ1n) is 4.84. The first kappa shape index (κ1) is 13.2. The van der Waals surface area contributed by atoms with Gasteiger partial charge in [-0.1, -0.05) is 34.1 Å². The number of hydrogen-bond acceptors (Lipinski definition) is 3. The van der Waals surface area contributed by atoms with Crippen LogP contribution in [0.5, 0.6) is 0 Å². The van der Waals surface area contributed by atoms with E-state index in [0.29, 0.717) is 0 Å². The van der Waals surface area contributed by atoms with Gasteiger partial charge in [0.1, 0.15) is 6.04 Å². The van der Waals surface area contributed by atoms with Crippen LogP contribution in [0.25, 0.3) is 0 Å². The summed E-state index contributed by atoms with van der Waals surface area (Å²) in [7, 11) is 3.62. The van der Waals surface area contributed by atoms with Crippen LogP contribution in [0.15, 0.2) is 28.7 Å². The van der Waals surface area contributed by atoms with Crippen LogP contribution in [0.3, 0.4) is 0 Å². The molecule has 0 aliphatic rings. The Morgan fingerprint density at radius 3 is 2.44 bits per heavy atom. The van der Waals surface area contributed by atoms with Crippen LogP contribution in [-0.2, 0) is 4.79 Å². The number of hydrogen-bond donors (Lipinski definition) is 2. The van der Waals surface area contributed by atoms with Gasteiger partial charge in [0.15, 0.2) is 0 Å².